The van der Waals surface area contributed by atoms with Crippen molar-refractivity contribution in [2.45, 2.75) is 44.9 Å². The minimum Gasteiger partial charge on any atom is -0.492 e. The quantitative estimate of drug-likeness (QED) is 0.681. The van der Waals surface area contributed by atoms with Crippen LogP contribution in [0.15, 0.2) is 24.3 Å². The normalized spacial score (nSPS) is 20.6. The fraction of sp³-hybridized carbons (Fsp3) is 0.524. The van der Waals surface area contributed by atoms with Crippen molar-refractivity contribution < 1.29 is 19.5 Å². The molecule has 5 rings (SSSR count). The highest BCUT2D eigenvalue weighted by molar-refractivity contribution is 7.17. The van der Waals surface area contributed by atoms with Gasteiger partial charge in [0.1, 0.15) is 4.88 Å². The molecule has 1 spiro atoms. The van der Waals surface area contributed by atoms with E-state index in [2.05, 4.69) is 41.3 Å². The Hall–Kier alpha value is -2.00. The number of benzene rings is 1. The van der Waals surface area contributed by atoms with Crippen LogP contribution in [0.2, 0.25) is 0 Å². The summed E-state index contributed by atoms with van der Waals surface area (Å²) >= 11 is 1.54. The first-order chi connectivity index (χ1) is 14.1. The van der Waals surface area contributed by atoms with E-state index in [1.807, 2.05) is 6.92 Å². The summed E-state index contributed by atoms with van der Waals surface area (Å²) in [5.74, 6) is 0.572. The molecule has 2 saturated heterocycles. The zero-order valence-corrected chi connectivity index (χ0v) is 17.7. The molecule has 2 aliphatic rings. The molecular weight excluding hydrogens is 388 g/mol. The van der Waals surface area contributed by atoms with Crippen LogP contribution in [-0.2, 0) is 15.9 Å². The van der Waals surface area contributed by atoms with Crippen LogP contribution in [-0.4, -0.2) is 51.8 Å². The van der Waals surface area contributed by atoms with Gasteiger partial charge in [0, 0.05) is 12.0 Å². The van der Waals surface area contributed by atoms with Crippen LogP contribution >= 0.6 is 11.3 Å². The lowest BCUT2D eigenvalue weighted by atomic mass is 9.96. The van der Waals surface area contributed by atoms with Crippen LogP contribution in [0.5, 0.6) is 5.88 Å². The van der Waals surface area contributed by atoms with Gasteiger partial charge in [0.25, 0.3) is 0 Å². The number of aromatic nitrogens is 3. The number of thiazole rings is 1. The van der Waals surface area contributed by atoms with Gasteiger partial charge in [-0.25, -0.2) is 4.98 Å². The van der Waals surface area contributed by atoms with Crippen molar-refractivity contribution >= 4 is 16.3 Å². The van der Waals surface area contributed by atoms with E-state index in [0.29, 0.717) is 13.2 Å². The minimum absolute atomic E-state index is 0.0345. The Morgan fingerprint density at radius 1 is 1.28 bits per heavy atom. The number of aromatic hydroxyl groups is 1. The SMILES string of the molecule is CCc1nc2sc([C@H](c3cccc(C)c3)[NH+]3CCC4(CC3)OCCO4)c(O)n2n1. The average molecular weight is 416 g/mol. The van der Waals surface area contributed by atoms with Crippen molar-refractivity contribution in [1.29, 1.82) is 0 Å². The van der Waals surface area contributed by atoms with Crippen LogP contribution in [0.1, 0.15) is 47.6 Å². The zero-order valence-electron chi connectivity index (χ0n) is 16.9. The maximum absolute atomic E-state index is 11.0. The average Bonchev–Trinajstić information content (AvgIpc) is 3.42. The number of hydrogen-bond donors (Lipinski definition) is 2. The Morgan fingerprint density at radius 2 is 2.03 bits per heavy atom. The van der Waals surface area contributed by atoms with Crippen molar-refractivity contribution in [1.82, 2.24) is 14.6 Å². The molecule has 3 aromatic rings. The Balaban J connectivity index is 1.53. The predicted molar refractivity (Wildman–Crippen MR) is 109 cm³/mol. The van der Waals surface area contributed by atoms with E-state index in [9.17, 15) is 5.11 Å². The van der Waals surface area contributed by atoms with Crippen molar-refractivity contribution in [3.05, 3.63) is 46.1 Å². The first-order valence-corrected chi connectivity index (χ1v) is 11.2. The number of fused-ring (bicyclic) bond motifs is 1. The molecule has 0 amide bonds. The highest BCUT2D eigenvalue weighted by atomic mass is 32.1. The number of nitrogens with one attached hydrogen (secondary N) is 1. The van der Waals surface area contributed by atoms with E-state index in [-0.39, 0.29) is 11.9 Å². The van der Waals surface area contributed by atoms with Crippen molar-refractivity contribution in [2.75, 3.05) is 26.3 Å². The lowest BCUT2D eigenvalue weighted by Crippen LogP contribution is -3.14. The van der Waals surface area contributed by atoms with Crippen LogP contribution in [0.4, 0.5) is 0 Å². The number of nitrogens with zero attached hydrogens (tertiary/aromatic N) is 3. The molecule has 29 heavy (non-hydrogen) atoms. The van der Waals surface area contributed by atoms with Gasteiger partial charge >= 0.3 is 0 Å². The van der Waals surface area contributed by atoms with E-state index in [1.165, 1.54) is 16.0 Å². The predicted octanol–water partition coefficient (Wildman–Crippen LogP) is 1.88. The molecule has 2 fully saturated rings. The number of ether oxygens (including phenoxy) is 2. The molecule has 0 aliphatic carbocycles. The summed E-state index contributed by atoms with van der Waals surface area (Å²) in [6.07, 6.45) is 2.49. The first kappa shape index (κ1) is 19.0. The topological polar surface area (TPSA) is 73.3 Å². The highest BCUT2D eigenvalue weighted by Crippen LogP contribution is 2.36. The van der Waals surface area contributed by atoms with Crippen LogP contribution < -0.4 is 4.90 Å². The number of piperidine rings is 1. The maximum Gasteiger partial charge on any atom is 0.235 e. The second-order valence-corrected chi connectivity index (χ2v) is 8.99. The van der Waals surface area contributed by atoms with Crippen molar-refractivity contribution in [2.24, 2.45) is 0 Å². The van der Waals surface area contributed by atoms with Gasteiger partial charge in [-0.1, -0.05) is 42.0 Å². The van der Waals surface area contributed by atoms with Crippen LogP contribution in [0, 0.1) is 6.92 Å². The third kappa shape index (κ3) is 3.34. The molecule has 0 radical (unpaired) electrons. The van der Waals surface area contributed by atoms with Gasteiger partial charge in [-0.05, 0) is 13.0 Å². The van der Waals surface area contributed by atoms with Gasteiger partial charge in [-0.2, -0.15) is 4.52 Å². The summed E-state index contributed by atoms with van der Waals surface area (Å²) in [7, 11) is 0. The monoisotopic (exact) mass is 415 g/mol. The molecule has 4 heterocycles. The van der Waals surface area contributed by atoms with Crippen molar-refractivity contribution in [3.8, 4) is 5.88 Å². The van der Waals surface area contributed by atoms with Gasteiger partial charge in [-0.15, -0.1) is 5.10 Å². The Morgan fingerprint density at radius 3 is 2.69 bits per heavy atom. The molecule has 8 heteroatoms. The van der Waals surface area contributed by atoms with Gasteiger partial charge in [0.15, 0.2) is 17.7 Å². The molecule has 0 bridgehead atoms. The molecular formula is C21H27N4O3S+. The summed E-state index contributed by atoms with van der Waals surface area (Å²) < 4.78 is 13.4. The molecule has 0 saturated carbocycles. The molecule has 1 aromatic carbocycles. The van der Waals surface area contributed by atoms with Crippen LogP contribution in [0.25, 0.3) is 4.96 Å². The smallest absolute Gasteiger partial charge is 0.235 e. The molecule has 1 atom stereocenters. The molecule has 2 aliphatic heterocycles. The van der Waals surface area contributed by atoms with Gasteiger partial charge < -0.3 is 19.5 Å². The molecule has 2 aromatic heterocycles. The third-order valence-corrected chi connectivity index (χ3v) is 7.16. The molecule has 7 nitrogen and oxygen atoms in total. The van der Waals surface area contributed by atoms with Gasteiger partial charge in [0.05, 0.1) is 39.1 Å². The van der Waals surface area contributed by atoms with E-state index >= 15 is 0 Å². The number of aryl methyl sites for hydroxylation is 2. The lowest BCUT2D eigenvalue weighted by Gasteiger charge is -2.38. The summed E-state index contributed by atoms with van der Waals surface area (Å²) in [5, 5.41) is 15.5. The third-order valence-electron chi connectivity index (χ3n) is 6.07. The van der Waals surface area contributed by atoms with Gasteiger partial charge in [-0.3, -0.25) is 0 Å². The Labute approximate surface area is 173 Å². The highest BCUT2D eigenvalue weighted by Gasteiger charge is 2.45. The minimum atomic E-state index is -0.399. The summed E-state index contributed by atoms with van der Waals surface area (Å²) in [4.78, 5) is 7.66. The molecule has 2 N–H and O–H groups in total. The van der Waals surface area contributed by atoms with Gasteiger partial charge in [0.2, 0.25) is 10.8 Å². The van der Waals surface area contributed by atoms with E-state index in [4.69, 9.17) is 9.47 Å². The fourth-order valence-electron chi connectivity index (χ4n) is 4.58. The molecule has 0 unspecified atom stereocenters. The number of quaternary nitrogens is 1. The van der Waals surface area contributed by atoms with E-state index < -0.39 is 5.79 Å². The maximum atomic E-state index is 11.0. The second kappa shape index (κ2) is 7.36. The first-order valence-electron chi connectivity index (χ1n) is 10.3. The summed E-state index contributed by atoms with van der Waals surface area (Å²) in [6.45, 7) is 7.35. The second-order valence-electron chi connectivity index (χ2n) is 7.98. The number of hydrogen-bond acceptors (Lipinski definition) is 6. The molecule has 154 valence electrons. The lowest BCUT2D eigenvalue weighted by molar-refractivity contribution is -0.933. The van der Waals surface area contributed by atoms with E-state index in [0.717, 1.165) is 48.0 Å². The summed E-state index contributed by atoms with van der Waals surface area (Å²) in [6, 6.07) is 8.61. The standard InChI is InChI=1S/C21H26N4O3S/c1-3-16-22-20-25(23-16)19(26)18(29-20)17(15-6-4-5-14(2)13-15)24-9-7-21(8-10-24)27-11-12-28-21/h4-6,13,17,26H,3,7-12H2,1-2H3/p+1/t17-/m0/s1. The zero-order chi connectivity index (χ0) is 20.0. The van der Waals surface area contributed by atoms with E-state index in [1.54, 1.807) is 15.9 Å². The number of likely N-dealkylation sites (tertiary alicyclic amines) is 1. The Kier molecular flexibility index (Phi) is 4.82. The van der Waals surface area contributed by atoms with Crippen LogP contribution in [0.3, 0.4) is 0 Å². The Bertz CT molecular complexity index is 1010. The largest absolute Gasteiger partial charge is 0.492 e. The fourth-order valence-corrected chi connectivity index (χ4v) is 5.74. The number of rotatable bonds is 4. The summed E-state index contributed by atoms with van der Waals surface area (Å²) in [5.41, 5.74) is 2.43. The van der Waals surface area contributed by atoms with Crippen molar-refractivity contribution in [3.63, 3.8) is 0 Å².